The molecule has 0 N–H and O–H groups in total. The van der Waals surface area contributed by atoms with E-state index in [1.807, 2.05) is 6.07 Å². The van der Waals surface area contributed by atoms with Gasteiger partial charge in [0.05, 0.1) is 0 Å². The normalized spacial score (nSPS) is 15.4. The Kier molecular flexibility index (Phi) is 12.2. The average molecular weight is 447 g/mol. The van der Waals surface area contributed by atoms with Crippen LogP contribution in [0.25, 0.3) is 11.1 Å². The molecule has 0 bridgehead atoms. The Morgan fingerprint density at radius 2 is 1.54 bits per heavy atom. The second-order valence-electron chi connectivity index (χ2n) is 7.20. The van der Waals surface area contributed by atoms with Gasteiger partial charge in [0.15, 0.2) is 0 Å². The van der Waals surface area contributed by atoms with Crippen LogP contribution in [0.1, 0.15) is 52.7 Å². The fourth-order valence-electron chi connectivity index (χ4n) is 3.16. The molecule has 0 amide bonds. The summed E-state index contributed by atoms with van der Waals surface area (Å²) in [6.07, 6.45) is 4.41. The molecule has 0 nitrogen and oxygen atoms in total. The summed E-state index contributed by atoms with van der Waals surface area (Å²) in [5, 5.41) is 0. The first-order chi connectivity index (χ1) is 12.3. The van der Waals surface area contributed by atoms with Gasteiger partial charge in [0, 0.05) is 0 Å². The van der Waals surface area contributed by atoms with Crippen molar-refractivity contribution in [2.75, 3.05) is 0 Å². The maximum atomic E-state index is 3.36. The number of hydrogen-bond acceptors (Lipinski definition) is 0. The molecule has 0 saturated heterocycles. The molecule has 2 aromatic carbocycles. The van der Waals surface area contributed by atoms with Crippen LogP contribution in [-0.2, 0) is 26.4 Å². The van der Waals surface area contributed by atoms with Crippen LogP contribution >= 0.6 is 0 Å². The van der Waals surface area contributed by atoms with E-state index in [-0.39, 0.29) is 24.8 Å². The zero-order valence-electron chi connectivity index (χ0n) is 17.6. The number of rotatable bonds is 0. The van der Waals surface area contributed by atoms with Crippen molar-refractivity contribution >= 4 is 3.81 Å². The second-order valence-corrected chi connectivity index (χ2v) is 8.76. The van der Waals surface area contributed by atoms with E-state index in [2.05, 4.69) is 110 Å². The van der Waals surface area contributed by atoms with Gasteiger partial charge >= 0.3 is 37.6 Å². The summed E-state index contributed by atoms with van der Waals surface area (Å²) >= 11 is 2.08. The van der Waals surface area contributed by atoms with Crippen molar-refractivity contribution in [1.29, 1.82) is 0 Å². The zero-order valence-corrected chi connectivity index (χ0v) is 20.7. The van der Waals surface area contributed by atoms with Crippen LogP contribution in [-0.4, -0.2) is 3.81 Å². The summed E-state index contributed by atoms with van der Waals surface area (Å²) in [5.41, 5.74) is 9.76. The van der Waals surface area contributed by atoms with E-state index in [4.69, 9.17) is 0 Å². The number of halogens is 2. The maximum Gasteiger partial charge on any atom is -0.0253 e. The Morgan fingerprint density at radius 3 is 2.04 bits per heavy atom. The molecule has 3 heteroatoms. The molecule has 2 aliphatic rings. The van der Waals surface area contributed by atoms with Gasteiger partial charge in [-0.15, -0.1) is 12.5 Å². The summed E-state index contributed by atoms with van der Waals surface area (Å²) in [6.45, 7) is 12.8. The van der Waals surface area contributed by atoms with Crippen LogP contribution in [0.4, 0.5) is 0 Å². The maximum absolute atomic E-state index is 3.36. The Hall–Kier alpha value is -0.916. The molecule has 0 radical (unpaired) electrons. The van der Waals surface area contributed by atoms with Gasteiger partial charge in [-0.25, -0.2) is 5.57 Å². The van der Waals surface area contributed by atoms with Gasteiger partial charge in [0.25, 0.3) is 0 Å². The fraction of sp³-hybridized carbons (Fsp3) is 0.320. The topological polar surface area (TPSA) is 0 Å². The second kappa shape index (κ2) is 12.6. The SMILES string of the molecule is CC1=[C-]C(C)C(C)=C1C.C[C](C)=[Ti+2].[Cl-].[Cl-].[c-]1cccc2c1Cc1ccccc1-2. The van der Waals surface area contributed by atoms with E-state index in [9.17, 15) is 0 Å². The molecule has 0 aliphatic heterocycles. The molecule has 2 aromatic rings. The molecule has 148 valence electrons. The van der Waals surface area contributed by atoms with Crippen LogP contribution in [0.2, 0.25) is 0 Å². The monoisotopic (exact) mass is 446 g/mol. The van der Waals surface area contributed by atoms with Crippen LogP contribution < -0.4 is 24.8 Å². The molecule has 1 atom stereocenters. The standard InChI is InChI=1S/C13H9.C9H13.C3H6.2ClH.Ti/c1-3-7-12-10(5-1)9-11-6-2-4-8-13(11)12;1-6-5-7(2)9(4)8(6)3;1-3-2;;;/h1-5,7-8H,9H2;6H,1-4H3;1-2H3;2*1H;/q2*-1;;;;+2/p-2. The van der Waals surface area contributed by atoms with Crippen LogP contribution in [0.3, 0.4) is 0 Å². The Balaban J connectivity index is 0.000000432. The molecule has 0 heterocycles. The smallest absolute Gasteiger partial charge is 0.0253 e. The summed E-state index contributed by atoms with van der Waals surface area (Å²) < 4.78 is 1.42. The average Bonchev–Trinajstić information content (AvgIpc) is 3.08. The number of benzene rings is 2. The minimum Gasteiger partial charge on any atom is -1.00 e. The van der Waals surface area contributed by atoms with Crippen LogP contribution in [0.15, 0.2) is 59.2 Å². The third-order valence-corrected chi connectivity index (χ3v) is 4.85. The molecule has 2 aliphatic carbocycles. The van der Waals surface area contributed by atoms with Crippen molar-refractivity contribution in [1.82, 2.24) is 0 Å². The minimum atomic E-state index is 0. The van der Waals surface area contributed by atoms with E-state index in [1.54, 1.807) is 0 Å². The van der Waals surface area contributed by atoms with Gasteiger partial charge in [-0.2, -0.15) is 41.0 Å². The molecule has 28 heavy (non-hydrogen) atoms. The Labute approximate surface area is 195 Å². The Morgan fingerprint density at radius 1 is 0.964 bits per heavy atom. The number of hydrogen-bond donors (Lipinski definition) is 0. The third-order valence-electron chi connectivity index (χ3n) is 4.85. The quantitative estimate of drug-likeness (QED) is 0.349. The first-order valence-electron chi connectivity index (χ1n) is 9.18. The first-order valence-corrected chi connectivity index (χ1v) is 9.96. The molecule has 0 fully saturated rings. The minimum absolute atomic E-state index is 0. The van der Waals surface area contributed by atoms with Gasteiger partial charge in [-0.3, -0.25) is 6.08 Å². The van der Waals surface area contributed by atoms with Crippen molar-refractivity contribution in [2.45, 2.75) is 48.0 Å². The first kappa shape index (κ1) is 27.1. The molecule has 0 spiro atoms. The van der Waals surface area contributed by atoms with Crippen molar-refractivity contribution in [3.05, 3.63) is 82.5 Å². The van der Waals surface area contributed by atoms with Crippen LogP contribution in [0, 0.1) is 18.1 Å². The molecule has 0 saturated carbocycles. The largest absolute Gasteiger partial charge is 1.00 e. The summed E-state index contributed by atoms with van der Waals surface area (Å²) in [7, 11) is 0. The van der Waals surface area contributed by atoms with Gasteiger partial charge in [-0.1, -0.05) is 62.1 Å². The molecule has 4 rings (SSSR count). The number of allylic oxidation sites excluding steroid dienone is 4. The van der Waals surface area contributed by atoms with E-state index in [1.165, 1.54) is 42.8 Å². The van der Waals surface area contributed by atoms with Crippen molar-refractivity contribution in [2.24, 2.45) is 5.92 Å². The number of fused-ring (bicyclic) bond motifs is 3. The fourth-order valence-corrected chi connectivity index (χ4v) is 3.16. The van der Waals surface area contributed by atoms with Gasteiger partial charge in [0.1, 0.15) is 0 Å². The predicted molar refractivity (Wildman–Crippen MR) is 110 cm³/mol. The van der Waals surface area contributed by atoms with E-state index in [0.29, 0.717) is 5.92 Å². The molecule has 0 aromatic heterocycles. The molecular weight excluding hydrogens is 419 g/mol. The van der Waals surface area contributed by atoms with Crippen molar-refractivity contribution in [3.63, 3.8) is 0 Å². The van der Waals surface area contributed by atoms with Crippen molar-refractivity contribution in [3.8, 4) is 11.1 Å². The van der Waals surface area contributed by atoms with Gasteiger partial charge in [-0.05, 0) is 6.42 Å². The zero-order chi connectivity index (χ0) is 19.3. The van der Waals surface area contributed by atoms with E-state index in [0.717, 1.165) is 6.42 Å². The summed E-state index contributed by atoms with van der Waals surface area (Å²) in [6, 6.07) is 18.1. The van der Waals surface area contributed by atoms with Gasteiger partial charge < -0.3 is 24.8 Å². The van der Waals surface area contributed by atoms with Crippen LogP contribution in [0.5, 0.6) is 0 Å². The molecule has 1 unspecified atom stereocenters. The van der Waals surface area contributed by atoms with Gasteiger partial charge in [0.2, 0.25) is 0 Å². The van der Waals surface area contributed by atoms with E-state index >= 15 is 0 Å². The third kappa shape index (κ3) is 7.16. The predicted octanol–water partition coefficient (Wildman–Crippen LogP) is 0.533. The summed E-state index contributed by atoms with van der Waals surface area (Å²) in [4.78, 5) is 0. The summed E-state index contributed by atoms with van der Waals surface area (Å²) in [5.74, 6) is 0.560. The Bertz CT molecular complexity index is 815. The van der Waals surface area contributed by atoms with E-state index < -0.39 is 0 Å². The van der Waals surface area contributed by atoms with Crippen molar-refractivity contribution < 1.29 is 44.8 Å². The molecular formula is C25H28Cl2Ti-2.